The highest BCUT2D eigenvalue weighted by Crippen LogP contribution is 2.27. The number of hydrogen-bond donors (Lipinski definition) is 1. The quantitative estimate of drug-likeness (QED) is 0.865. The zero-order chi connectivity index (χ0) is 16.8. The Labute approximate surface area is 148 Å². The molecule has 3 heteroatoms. The Morgan fingerprint density at radius 2 is 1.79 bits per heavy atom. The molecule has 0 aromatic heterocycles. The van der Waals surface area contributed by atoms with Crippen molar-refractivity contribution in [2.45, 2.75) is 76.5 Å². The van der Waals surface area contributed by atoms with E-state index in [1.165, 1.54) is 70.1 Å². The lowest BCUT2D eigenvalue weighted by atomic mass is 9.88. The Balaban J connectivity index is 1.60. The first-order chi connectivity index (χ1) is 11.8. The standard InChI is InChI=1S/C21H35N3/c1-2-14-24(20-12-10-19(22)11-13-20)21-9-6-15-23(17-21)16-18-7-4-3-5-8-18/h3-5,7-8,19-21H,2,6,9-17,22H2,1H3. The van der Waals surface area contributed by atoms with Crippen molar-refractivity contribution in [3.8, 4) is 0 Å². The molecule has 1 aliphatic heterocycles. The van der Waals surface area contributed by atoms with Crippen molar-refractivity contribution < 1.29 is 0 Å². The van der Waals surface area contributed by atoms with Gasteiger partial charge in [-0.25, -0.2) is 0 Å². The number of piperidine rings is 1. The Bertz CT molecular complexity index is 467. The topological polar surface area (TPSA) is 32.5 Å². The second kappa shape index (κ2) is 8.98. The molecule has 2 aliphatic rings. The Morgan fingerprint density at radius 1 is 1.04 bits per heavy atom. The van der Waals surface area contributed by atoms with Crippen LogP contribution in [0.2, 0.25) is 0 Å². The van der Waals surface area contributed by atoms with Crippen molar-refractivity contribution in [1.82, 2.24) is 9.80 Å². The molecule has 1 aromatic carbocycles. The minimum atomic E-state index is 0.450. The molecule has 0 spiro atoms. The molecular weight excluding hydrogens is 294 g/mol. The van der Waals surface area contributed by atoms with Crippen LogP contribution in [0.4, 0.5) is 0 Å². The number of rotatable bonds is 6. The summed E-state index contributed by atoms with van der Waals surface area (Å²) in [5, 5.41) is 0. The van der Waals surface area contributed by atoms with E-state index in [0.29, 0.717) is 6.04 Å². The minimum Gasteiger partial charge on any atom is -0.328 e. The van der Waals surface area contributed by atoms with E-state index in [-0.39, 0.29) is 0 Å². The summed E-state index contributed by atoms with van der Waals surface area (Å²) in [7, 11) is 0. The summed E-state index contributed by atoms with van der Waals surface area (Å²) in [6.45, 7) is 7.17. The van der Waals surface area contributed by atoms with Gasteiger partial charge in [-0.05, 0) is 63.6 Å². The second-order valence-electron chi connectivity index (χ2n) is 7.82. The first-order valence-electron chi connectivity index (χ1n) is 10.0. The average Bonchev–Trinajstić information content (AvgIpc) is 2.62. The minimum absolute atomic E-state index is 0.450. The molecule has 1 aliphatic carbocycles. The predicted molar refractivity (Wildman–Crippen MR) is 102 cm³/mol. The van der Waals surface area contributed by atoms with Gasteiger partial charge >= 0.3 is 0 Å². The summed E-state index contributed by atoms with van der Waals surface area (Å²) in [4.78, 5) is 5.52. The number of nitrogens with zero attached hydrogens (tertiary/aromatic N) is 2. The van der Waals surface area contributed by atoms with E-state index in [2.05, 4.69) is 47.1 Å². The molecular formula is C21H35N3. The summed E-state index contributed by atoms with van der Waals surface area (Å²) in [5.41, 5.74) is 7.58. The number of benzene rings is 1. The van der Waals surface area contributed by atoms with Crippen LogP contribution in [0.5, 0.6) is 0 Å². The Kier molecular flexibility index (Phi) is 6.70. The molecule has 24 heavy (non-hydrogen) atoms. The lowest BCUT2D eigenvalue weighted by Crippen LogP contribution is -2.53. The largest absolute Gasteiger partial charge is 0.328 e. The molecule has 0 radical (unpaired) electrons. The molecule has 1 saturated heterocycles. The molecule has 1 unspecified atom stereocenters. The van der Waals surface area contributed by atoms with E-state index in [1.54, 1.807) is 0 Å². The van der Waals surface area contributed by atoms with Crippen molar-refractivity contribution in [3.05, 3.63) is 35.9 Å². The van der Waals surface area contributed by atoms with Crippen LogP contribution in [0.3, 0.4) is 0 Å². The van der Waals surface area contributed by atoms with Crippen molar-refractivity contribution in [2.75, 3.05) is 19.6 Å². The number of nitrogens with two attached hydrogens (primary N) is 1. The van der Waals surface area contributed by atoms with Gasteiger partial charge in [0, 0.05) is 31.2 Å². The maximum Gasteiger partial charge on any atom is 0.0234 e. The van der Waals surface area contributed by atoms with Crippen LogP contribution >= 0.6 is 0 Å². The summed E-state index contributed by atoms with van der Waals surface area (Å²) in [5.74, 6) is 0. The van der Waals surface area contributed by atoms with E-state index in [9.17, 15) is 0 Å². The zero-order valence-electron chi connectivity index (χ0n) is 15.4. The Hall–Kier alpha value is -0.900. The fourth-order valence-corrected chi connectivity index (χ4v) is 4.64. The van der Waals surface area contributed by atoms with E-state index in [0.717, 1.165) is 18.6 Å². The van der Waals surface area contributed by atoms with Gasteiger partial charge in [-0.15, -0.1) is 0 Å². The Morgan fingerprint density at radius 3 is 2.50 bits per heavy atom. The van der Waals surface area contributed by atoms with Crippen LogP contribution in [0.1, 0.15) is 57.4 Å². The van der Waals surface area contributed by atoms with E-state index < -0.39 is 0 Å². The van der Waals surface area contributed by atoms with Crippen LogP contribution in [0.15, 0.2) is 30.3 Å². The van der Waals surface area contributed by atoms with Crippen molar-refractivity contribution in [3.63, 3.8) is 0 Å². The van der Waals surface area contributed by atoms with Crippen LogP contribution in [0, 0.1) is 0 Å². The molecule has 0 bridgehead atoms. The normalized spacial score (nSPS) is 29.0. The molecule has 134 valence electrons. The molecule has 3 nitrogen and oxygen atoms in total. The first-order valence-corrected chi connectivity index (χ1v) is 10.0. The van der Waals surface area contributed by atoms with Crippen LogP contribution in [0.25, 0.3) is 0 Å². The van der Waals surface area contributed by atoms with Crippen LogP contribution < -0.4 is 5.73 Å². The summed E-state index contributed by atoms with van der Waals surface area (Å²) < 4.78 is 0. The third-order valence-electron chi connectivity index (χ3n) is 5.89. The van der Waals surface area contributed by atoms with Crippen LogP contribution in [-0.2, 0) is 6.54 Å². The highest BCUT2D eigenvalue weighted by molar-refractivity contribution is 5.14. The van der Waals surface area contributed by atoms with E-state index in [1.807, 2.05) is 0 Å². The summed E-state index contributed by atoms with van der Waals surface area (Å²) in [6.07, 6.45) is 9.00. The van der Waals surface area contributed by atoms with Gasteiger partial charge in [-0.2, -0.15) is 0 Å². The van der Waals surface area contributed by atoms with Crippen molar-refractivity contribution in [1.29, 1.82) is 0 Å². The van der Waals surface area contributed by atoms with Crippen molar-refractivity contribution >= 4 is 0 Å². The van der Waals surface area contributed by atoms with Gasteiger partial charge in [0.05, 0.1) is 0 Å². The molecule has 2 N–H and O–H groups in total. The lowest BCUT2D eigenvalue weighted by Gasteiger charge is -2.45. The number of likely N-dealkylation sites (tertiary alicyclic amines) is 1. The number of hydrogen-bond acceptors (Lipinski definition) is 3. The fourth-order valence-electron chi connectivity index (χ4n) is 4.64. The SMILES string of the molecule is CCCN(C1CCC(N)CC1)C1CCCN(Cc2ccccc2)C1. The van der Waals surface area contributed by atoms with Gasteiger partial charge in [0.1, 0.15) is 0 Å². The zero-order valence-corrected chi connectivity index (χ0v) is 15.4. The van der Waals surface area contributed by atoms with E-state index in [4.69, 9.17) is 5.73 Å². The van der Waals surface area contributed by atoms with Gasteiger partial charge in [0.15, 0.2) is 0 Å². The maximum absolute atomic E-state index is 6.13. The van der Waals surface area contributed by atoms with Crippen LogP contribution in [-0.4, -0.2) is 47.6 Å². The summed E-state index contributed by atoms with van der Waals surface area (Å²) in [6, 6.07) is 12.9. The van der Waals surface area contributed by atoms with Gasteiger partial charge < -0.3 is 5.73 Å². The monoisotopic (exact) mass is 329 g/mol. The average molecular weight is 330 g/mol. The fraction of sp³-hybridized carbons (Fsp3) is 0.714. The molecule has 1 heterocycles. The lowest BCUT2D eigenvalue weighted by molar-refractivity contribution is 0.0449. The molecule has 2 fully saturated rings. The molecule has 3 rings (SSSR count). The molecule has 1 saturated carbocycles. The molecule has 1 aromatic rings. The molecule has 0 amide bonds. The van der Waals surface area contributed by atoms with Gasteiger partial charge in [0.2, 0.25) is 0 Å². The third-order valence-corrected chi connectivity index (χ3v) is 5.89. The summed E-state index contributed by atoms with van der Waals surface area (Å²) >= 11 is 0. The van der Waals surface area contributed by atoms with Gasteiger partial charge in [0.25, 0.3) is 0 Å². The third kappa shape index (κ3) is 4.81. The highest BCUT2D eigenvalue weighted by atomic mass is 15.2. The second-order valence-corrected chi connectivity index (χ2v) is 7.82. The van der Waals surface area contributed by atoms with Crippen molar-refractivity contribution in [2.24, 2.45) is 5.73 Å². The first kappa shape index (κ1) is 17.9. The van der Waals surface area contributed by atoms with E-state index >= 15 is 0 Å². The smallest absolute Gasteiger partial charge is 0.0234 e. The highest BCUT2D eigenvalue weighted by Gasteiger charge is 2.31. The molecule has 1 atom stereocenters. The predicted octanol–water partition coefficient (Wildman–Crippen LogP) is 3.63. The van der Waals surface area contributed by atoms with Gasteiger partial charge in [-0.3, -0.25) is 9.80 Å². The van der Waals surface area contributed by atoms with Gasteiger partial charge in [-0.1, -0.05) is 37.3 Å². The maximum atomic E-state index is 6.13.